The largest absolute Gasteiger partial charge is 0.497 e. The van der Waals surface area contributed by atoms with E-state index >= 15 is 0 Å². The summed E-state index contributed by atoms with van der Waals surface area (Å²) in [7, 11) is 2.61. The van der Waals surface area contributed by atoms with Crippen molar-refractivity contribution in [2.24, 2.45) is 0 Å². The third kappa shape index (κ3) is 11.1. The van der Waals surface area contributed by atoms with Crippen LogP contribution in [0.1, 0.15) is 60.4 Å². The van der Waals surface area contributed by atoms with E-state index in [1.54, 1.807) is 19.2 Å². The molecule has 260 valence electrons. The third-order valence-electron chi connectivity index (χ3n) is 7.54. The van der Waals surface area contributed by atoms with Gasteiger partial charge in [-0.05, 0) is 79.1 Å². The van der Waals surface area contributed by atoms with Gasteiger partial charge in [0.1, 0.15) is 41.9 Å². The molecule has 0 aliphatic rings. The first kappa shape index (κ1) is 39.0. The minimum Gasteiger partial charge on any atom is -0.497 e. The van der Waals surface area contributed by atoms with E-state index in [4.69, 9.17) is 24.7 Å². The molecule has 0 aliphatic carbocycles. The molecule has 3 aromatic rings. The molecule has 0 bridgehead atoms. The van der Waals surface area contributed by atoms with E-state index in [-0.39, 0.29) is 0 Å². The second-order valence-corrected chi connectivity index (χ2v) is 12.1. The number of hydrogen-bond acceptors (Lipinski definition) is 8. The molecule has 0 spiro atoms. The van der Waals surface area contributed by atoms with Crippen LogP contribution in [0.25, 0.3) is 18.2 Å². The summed E-state index contributed by atoms with van der Waals surface area (Å²) in [4.78, 5) is 3.64. The first-order valence-electron chi connectivity index (χ1n) is 16.0. The monoisotopic (exact) mass is 700 g/mol. The molecule has 0 radical (unpaired) electrons. The number of rotatable bonds is 17. The molecule has 3 rings (SSSR count). The average Bonchev–Trinajstić information content (AvgIpc) is 3.58. The van der Waals surface area contributed by atoms with Crippen LogP contribution in [0.2, 0.25) is 0 Å². The molecule has 0 unspecified atom stereocenters. The summed E-state index contributed by atoms with van der Waals surface area (Å²) in [6.07, 6.45) is 5.11. The number of nitrogens with zero attached hydrogens (tertiary/aromatic N) is 4. The number of anilines is 1. The number of thiophene rings is 1. The van der Waals surface area contributed by atoms with Crippen LogP contribution in [0, 0.1) is 34.0 Å². The van der Waals surface area contributed by atoms with Gasteiger partial charge in [0.25, 0.3) is 0 Å². The summed E-state index contributed by atoms with van der Waals surface area (Å²) in [6, 6.07) is 21.6. The first-order chi connectivity index (χ1) is 24.1. The maximum absolute atomic E-state index is 14.1. The molecule has 0 amide bonds. The number of methoxy groups -OCH3 is 2. The normalized spacial score (nSPS) is 11.8. The highest BCUT2D eigenvalue weighted by atomic mass is 32.1. The maximum Gasteiger partial charge on any atom is 0.417 e. The molecule has 0 aliphatic heterocycles. The van der Waals surface area contributed by atoms with Gasteiger partial charge in [-0.1, -0.05) is 38.8 Å². The van der Waals surface area contributed by atoms with Gasteiger partial charge in [-0.3, -0.25) is 0 Å². The van der Waals surface area contributed by atoms with Crippen LogP contribution < -0.4 is 14.4 Å². The molecule has 1 heterocycles. The Bertz CT molecular complexity index is 1810. The Balaban J connectivity index is 1.96. The fourth-order valence-electron chi connectivity index (χ4n) is 4.83. The number of alkyl halides is 3. The number of nitriles is 3. The highest BCUT2D eigenvalue weighted by Gasteiger charge is 2.37. The van der Waals surface area contributed by atoms with Gasteiger partial charge in [-0.25, -0.2) is 0 Å². The summed E-state index contributed by atoms with van der Waals surface area (Å²) in [5, 5.41) is 27.9. The van der Waals surface area contributed by atoms with Crippen molar-refractivity contribution in [3.63, 3.8) is 0 Å². The molecule has 1 aromatic heterocycles. The second kappa shape index (κ2) is 19.5. The SMILES string of the molecule is CCCCN(CCCC)c1ccc(/C=C/c2ccc(/C=C/C(=C(\C#N)C(OC)=C(C#N)C#N)C(F)(F)F)s2)c(OCc2ccc(OC)cc2)c1. The topological polar surface area (TPSA) is 102 Å². The summed E-state index contributed by atoms with van der Waals surface area (Å²) in [5.74, 6) is 0.718. The van der Waals surface area contributed by atoms with Crippen LogP contribution in [-0.4, -0.2) is 33.5 Å². The lowest BCUT2D eigenvalue weighted by Gasteiger charge is -2.25. The summed E-state index contributed by atoms with van der Waals surface area (Å²) in [6.45, 7) is 6.57. The van der Waals surface area contributed by atoms with E-state index in [0.717, 1.165) is 79.4 Å². The zero-order valence-corrected chi connectivity index (χ0v) is 29.3. The Morgan fingerprint density at radius 3 is 2.02 bits per heavy atom. The Morgan fingerprint density at radius 2 is 1.48 bits per heavy atom. The fourth-order valence-corrected chi connectivity index (χ4v) is 5.64. The van der Waals surface area contributed by atoms with Crippen molar-refractivity contribution in [2.45, 2.75) is 52.3 Å². The molecule has 0 saturated carbocycles. The van der Waals surface area contributed by atoms with Gasteiger partial charge in [-0.2, -0.15) is 29.0 Å². The summed E-state index contributed by atoms with van der Waals surface area (Å²) < 4.78 is 58.7. The molecule has 0 N–H and O–H groups in total. The lowest BCUT2D eigenvalue weighted by atomic mass is 10.0. The van der Waals surface area contributed by atoms with Crippen LogP contribution in [0.15, 0.2) is 83.2 Å². The number of hydrogen-bond donors (Lipinski definition) is 0. The summed E-state index contributed by atoms with van der Waals surface area (Å²) >= 11 is 1.24. The quantitative estimate of drug-likeness (QED) is 0.0784. The van der Waals surface area contributed by atoms with Crippen molar-refractivity contribution in [1.29, 1.82) is 15.8 Å². The van der Waals surface area contributed by atoms with Gasteiger partial charge in [0.2, 0.25) is 0 Å². The Labute approximate surface area is 296 Å². The number of ether oxygens (including phenoxy) is 3. The van der Waals surface area contributed by atoms with Crippen molar-refractivity contribution in [3.8, 4) is 29.7 Å². The molecule has 11 heteroatoms. The van der Waals surface area contributed by atoms with Gasteiger partial charge >= 0.3 is 6.18 Å². The smallest absolute Gasteiger partial charge is 0.417 e. The molecule has 7 nitrogen and oxygen atoms in total. The van der Waals surface area contributed by atoms with Crippen molar-refractivity contribution in [2.75, 3.05) is 32.2 Å². The molecule has 0 saturated heterocycles. The van der Waals surface area contributed by atoms with Crippen molar-refractivity contribution < 1.29 is 27.4 Å². The van der Waals surface area contributed by atoms with Crippen LogP contribution in [0.4, 0.5) is 18.9 Å². The minimum absolute atomic E-state index is 0.343. The van der Waals surface area contributed by atoms with E-state index < -0.39 is 28.7 Å². The van der Waals surface area contributed by atoms with Gasteiger partial charge in [-0.15, -0.1) is 11.3 Å². The van der Waals surface area contributed by atoms with Crippen molar-refractivity contribution in [1.82, 2.24) is 0 Å². The van der Waals surface area contributed by atoms with E-state index in [1.165, 1.54) is 35.6 Å². The Hall–Kier alpha value is -5.44. The Morgan fingerprint density at radius 1 is 0.840 bits per heavy atom. The molecule has 0 atom stereocenters. The van der Waals surface area contributed by atoms with E-state index in [1.807, 2.05) is 42.5 Å². The Kier molecular flexibility index (Phi) is 15.2. The average molecular weight is 701 g/mol. The fraction of sp³-hybridized carbons (Fsp3) is 0.308. The van der Waals surface area contributed by atoms with Gasteiger partial charge in [0, 0.05) is 40.2 Å². The zero-order valence-electron chi connectivity index (χ0n) is 28.5. The van der Waals surface area contributed by atoms with Crippen LogP contribution in [0.3, 0.4) is 0 Å². The lowest BCUT2D eigenvalue weighted by Crippen LogP contribution is -2.25. The van der Waals surface area contributed by atoms with Crippen molar-refractivity contribution in [3.05, 3.63) is 104 Å². The van der Waals surface area contributed by atoms with Gasteiger partial charge < -0.3 is 19.1 Å². The number of benzene rings is 2. The minimum atomic E-state index is -4.96. The highest BCUT2D eigenvalue weighted by Crippen LogP contribution is 2.35. The van der Waals surface area contributed by atoms with Crippen LogP contribution in [-0.2, 0) is 11.3 Å². The lowest BCUT2D eigenvalue weighted by molar-refractivity contribution is -0.0888. The van der Waals surface area contributed by atoms with Gasteiger partial charge in [0.15, 0.2) is 11.3 Å². The first-order valence-corrected chi connectivity index (χ1v) is 16.8. The standard InChI is InChI=1S/C39H39F3N4O3S/c1-5-7-21-46(22-8-6-2)31-13-11-29(37(23-31)49-27-28-9-14-32(47-3)15-10-28)12-16-33-17-18-34(50-33)19-20-36(39(40,41)42)35(26-45)38(48-4)30(24-43)25-44/h9-20,23H,5-8,21-22,27H2,1-4H3/b16-12+,20-19+,36-35-. The van der Waals surface area contributed by atoms with Crippen LogP contribution >= 0.6 is 11.3 Å². The van der Waals surface area contributed by atoms with E-state index in [2.05, 4.69) is 30.9 Å². The summed E-state index contributed by atoms with van der Waals surface area (Å²) in [5.41, 5.74) is -0.144. The number of allylic oxidation sites excluding steroid dienone is 4. The van der Waals surface area contributed by atoms with Crippen molar-refractivity contribution >= 4 is 35.3 Å². The predicted octanol–water partition coefficient (Wildman–Crippen LogP) is 10.3. The molecule has 0 fully saturated rings. The zero-order chi connectivity index (χ0) is 36.5. The third-order valence-corrected chi connectivity index (χ3v) is 8.55. The molecule has 2 aromatic carbocycles. The van der Waals surface area contributed by atoms with Crippen LogP contribution in [0.5, 0.6) is 11.5 Å². The highest BCUT2D eigenvalue weighted by molar-refractivity contribution is 7.13. The van der Waals surface area contributed by atoms with E-state index in [0.29, 0.717) is 17.2 Å². The molecular weight excluding hydrogens is 662 g/mol. The predicted molar refractivity (Wildman–Crippen MR) is 192 cm³/mol. The van der Waals surface area contributed by atoms with Gasteiger partial charge in [0.05, 0.1) is 19.8 Å². The number of unbranched alkanes of at least 4 members (excludes halogenated alkanes) is 2. The molecular formula is C39H39F3N4O3S. The molecule has 50 heavy (non-hydrogen) atoms. The second-order valence-electron chi connectivity index (χ2n) is 11.0. The maximum atomic E-state index is 14.1. The van der Waals surface area contributed by atoms with E-state index in [9.17, 15) is 18.4 Å². The number of halogens is 3.